The number of aromatic nitrogens is 4. The molecule has 0 radical (unpaired) electrons. The van der Waals surface area contributed by atoms with Crippen molar-refractivity contribution in [1.29, 1.82) is 0 Å². The number of hydrogen-bond donors (Lipinski definition) is 1. The summed E-state index contributed by atoms with van der Waals surface area (Å²) in [5, 5.41) is 14.9. The molecule has 0 aliphatic carbocycles. The van der Waals surface area contributed by atoms with Gasteiger partial charge in [-0.15, -0.1) is 5.10 Å². The first kappa shape index (κ1) is 23.4. The molecule has 0 saturated carbocycles. The summed E-state index contributed by atoms with van der Waals surface area (Å²) in [6.45, 7) is 2.04. The predicted octanol–water partition coefficient (Wildman–Crippen LogP) is 3.33. The number of nitrogens with one attached hydrogen (secondary N) is 1. The van der Waals surface area contributed by atoms with E-state index in [1.165, 1.54) is 46.5 Å². The molecule has 0 aliphatic rings. The summed E-state index contributed by atoms with van der Waals surface area (Å²) < 4.78 is 14.5. The Labute approximate surface area is 190 Å². The largest absolute Gasteiger partial charge is 0.336 e. The Kier molecular flexibility index (Phi) is 8.32. The Morgan fingerprint density at radius 3 is 2.53 bits per heavy atom. The number of hydrogen-bond acceptors (Lipinski definition) is 6. The average molecular weight is 457 g/mol. The SMILES string of the molecule is CCCCc1ccc(-n2nnnc2SCC(=O)N(C)CC(=O)Nc2ccc(F)cc2)cc1. The summed E-state index contributed by atoms with van der Waals surface area (Å²) in [4.78, 5) is 25.9. The molecule has 1 N–H and O–H groups in total. The second-order valence-electron chi connectivity index (χ2n) is 7.24. The van der Waals surface area contributed by atoms with Gasteiger partial charge in [-0.25, -0.2) is 4.39 Å². The van der Waals surface area contributed by atoms with E-state index in [9.17, 15) is 14.0 Å². The van der Waals surface area contributed by atoms with Crippen molar-refractivity contribution in [2.75, 3.05) is 24.7 Å². The summed E-state index contributed by atoms with van der Waals surface area (Å²) in [6, 6.07) is 13.5. The van der Waals surface area contributed by atoms with Gasteiger partial charge >= 0.3 is 0 Å². The van der Waals surface area contributed by atoms with Crippen molar-refractivity contribution in [1.82, 2.24) is 25.1 Å². The molecule has 3 rings (SSSR count). The van der Waals surface area contributed by atoms with Crippen molar-refractivity contribution in [3.63, 3.8) is 0 Å². The van der Waals surface area contributed by atoms with Crippen LogP contribution in [-0.4, -0.2) is 56.3 Å². The number of amides is 2. The second-order valence-corrected chi connectivity index (χ2v) is 8.18. The van der Waals surface area contributed by atoms with Crippen LogP contribution in [0.3, 0.4) is 0 Å². The van der Waals surface area contributed by atoms with Gasteiger partial charge in [0.1, 0.15) is 5.82 Å². The molecule has 3 aromatic rings. The summed E-state index contributed by atoms with van der Waals surface area (Å²) in [5.41, 5.74) is 2.54. The van der Waals surface area contributed by atoms with Crippen molar-refractivity contribution in [3.05, 3.63) is 59.9 Å². The zero-order valence-electron chi connectivity index (χ0n) is 18.0. The minimum atomic E-state index is -0.387. The average Bonchev–Trinajstić information content (AvgIpc) is 3.26. The van der Waals surface area contributed by atoms with Crippen LogP contribution in [0.4, 0.5) is 10.1 Å². The Balaban J connectivity index is 1.52. The van der Waals surface area contributed by atoms with E-state index in [0.29, 0.717) is 10.8 Å². The molecular weight excluding hydrogens is 431 g/mol. The minimum Gasteiger partial charge on any atom is -0.336 e. The number of anilines is 1. The summed E-state index contributed by atoms with van der Waals surface area (Å²) >= 11 is 1.20. The number of benzene rings is 2. The van der Waals surface area contributed by atoms with E-state index in [2.05, 4.69) is 39.9 Å². The van der Waals surface area contributed by atoms with Crippen molar-refractivity contribution in [2.45, 2.75) is 31.3 Å². The molecule has 32 heavy (non-hydrogen) atoms. The molecule has 0 unspecified atom stereocenters. The summed E-state index contributed by atoms with van der Waals surface area (Å²) in [7, 11) is 1.55. The van der Waals surface area contributed by atoms with Gasteiger partial charge in [-0.1, -0.05) is 37.2 Å². The fourth-order valence-electron chi connectivity index (χ4n) is 2.89. The van der Waals surface area contributed by atoms with Gasteiger partial charge in [-0.2, -0.15) is 4.68 Å². The van der Waals surface area contributed by atoms with Gasteiger partial charge in [-0.3, -0.25) is 9.59 Å². The highest BCUT2D eigenvalue weighted by molar-refractivity contribution is 7.99. The van der Waals surface area contributed by atoms with Crippen molar-refractivity contribution in [3.8, 4) is 5.69 Å². The number of carbonyl (C=O) groups excluding carboxylic acids is 2. The zero-order valence-corrected chi connectivity index (χ0v) is 18.8. The standard InChI is InChI=1S/C22H25FN6O2S/c1-3-4-5-16-6-12-19(13-7-16)29-22(25-26-27-29)32-15-21(31)28(2)14-20(30)24-18-10-8-17(23)9-11-18/h6-13H,3-5,14-15H2,1-2H3,(H,24,30). The van der Waals surface area contributed by atoms with E-state index in [1.807, 2.05) is 12.1 Å². The van der Waals surface area contributed by atoms with Crippen LogP contribution in [0.25, 0.3) is 5.69 Å². The lowest BCUT2D eigenvalue weighted by Gasteiger charge is -2.16. The summed E-state index contributed by atoms with van der Waals surface area (Å²) in [5.74, 6) is -0.920. The Bertz CT molecular complexity index is 1040. The number of rotatable bonds is 10. The third-order valence-electron chi connectivity index (χ3n) is 4.70. The first-order valence-electron chi connectivity index (χ1n) is 10.3. The fraction of sp³-hybridized carbons (Fsp3) is 0.318. The number of nitrogens with zero attached hydrogens (tertiary/aromatic N) is 5. The Morgan fingerprint density at radius 2 is 1.84 bits per heavy atom. The zero-order chi connectivity index (χ0) is 22.9. The number of likely N-dealkylation sites (N-methyl/N-ethyl adjacent to an activating group) is 1. The van der Waals surface area contributed by atoms with E-state index in [1.54, 1.807) is 11.7 Å². The van der Waals surface area contributed by atoms with Crippen LogP contribution >= 0.6 is 11.8 Å². The maximum Gasteiger partial charge on any atom is 0.243 e. The van der Waals surface area contributed by atoms with Crippen molar-refractivity contribution < 1.29 is 14.0 Å². The van der Waals surface area contributed by atoms with E-state index in [-0.39, 0.29) is 29.9 Å². The van der Waals surface area contributed by atoms with Gasteiger partial charge in [0.15, 0.2) is 0 Å². The number of aryl methyl sites for hydroxylation is 1. The quantitative estimate of drug-likeness (QED) is 0.471. The van der Waals surface area contributed by atoms with Crippen LogP contribution < -0.4 is 5.32 Å². The lowest BCUT2D eigenvalue weighted by atomic mass is 10.1. The first-order valence-corrected chi connectivity index (χ1v) is 11.2. The third-order valence-corrected chi connectivity index (χ3v) is 5.60. The third kappa shape index (κ3) is 6.61. The fourth-order valence-corrected chi connectivity index (χ4v) is 3.72. The molecule has 168 valence electrons. The molecule has 0 bridgehead atoms. The molecule has 2 aromatic carbocycles. The van der Waals surface area contributed by atoms with Crippen LogP contribution in [0.1, 0.15) is 25.3 Å². The van der Waals surface area contributed by atoms with Gasteiger partial charge < -0.3 is 10.2 Å². The number of unbranched alkanes of at least 4 members (excludes halogenated alkanes) is 1. The molecule has 10 heteroatoms. The first-order chi connectivity index (χ1) is 15.5. The van der Waals surface area contributed by atoms with E-state index < -0.39 is 0 Å². The van der Waals surface area contributed by atoms with Gasteiger partial charge in [0.05, 0.1) is 18.0 Å². The molecule has 2 amide bonds. The maximum atomic E-state index is 13.0. The topological polar surface area (TPSA) is 93.0 Å². The predicted molar refractivity (Wildman–Crippen MR) is 121 cm³/mol. The van der Waals surface area contributed by atoms with E-state index in [4.69, 9.17) is 0 Å². The van der Waals surface area contributed by atoms with Crippen LogP contribution in [0.15, 0.2) is 53.7 Å². The van der Waals surface area contributed by atoms with Gasteiger partial charge in [-0.05, 0) is 65.2 Å². The molecule has 0 fully saturated rings. The second kappa shape index (κ2) is 11.4. The molecular formula is C22H25FN6O2S. The summed E-state index contributed by atoms with van der Waals surface area (Å²) in [6.07, 6.45) is 3.32. The number of carbonyl (C=O) groups is 2. The highest BCUT2D eigenvalue weighted by Gasteiger charge is 2.16. The van der Waals surface area contributed by atoms with Crippen LogP contribution in [0, 0.1) is 5.82 Å². The highest BCUT2D eigenvalue weighted by atomic mass is 32.2. The van der Waals surface area contributed by atoms with Gasteiger partial charge in [0, 0.05) is 12.7 Å². The van der Waals surface area contributed by atoms with Crippen LogP contribution in [0.5, 0.6) is 0 Å². The molecule has 0 saturated heterocycles. The molecule has 0 spiro atoms. The number of halogens is 1. The molecule has 0 aliphatic heterocycles. The number of thioether (sulfide) groups is 1. The van der Waals surface area contributed by atoms with Crippen molar-refractivity contribution >= 4 is 29.3 Å². The van der Waals surface area contributed by atoms with Crippen LogP contribution in [-0.2, 0) is 16.0 Å². The Morgan fingerprint density at radius 1 is 1.12 bits per heavy atom. The molecule has 1 aromatic heterocycles. The molecule has 1 heterocycles. The highest BCUT2D eigenvalue weighted by Crippen LogP contribution is 2.19. The normalized spacial score (nSPS) is 10.7. The maximum absolute atomic E-state index is 13.0. The lowest BCUT2D eigenvalue weighted by molar-refractivity contribution is -0.131. The molecule has 0 atom stereocenters. The van der Waals surface area contributed by atoms with Crippen molar-refractivity contribution in [2.24, 2.45) is 0 Å². The van der Waals surface area contributed by atoms with E-state index in [0.717, 1.165) is 24.9 Å². The number of tetrazole rings is 1. The van der Waals surface area contributed by atoms with Gasteiger partial charge in [0.25, 0.3) is 0 Å². The molecule has 8 nitrogen and oxygen atoms in total. The smallest absolute Gasteiger partial charge is 0.243 e. The Hall–Kier alpha value is -3.27. The van der Waals surface area contributed by atoms with Gasteiger partial charge in [0.2, 0.25) is 17.0 Å². The minimum absolute atomic E-state index is 0.0787. The lowest BCUT2D eigenvalue weighted by Crippen LogP contribution is -2.36. The van der Waals surface area contributed by atoms with Crippen LogP contribution in [0.2, 0.25) is 0 Å². The van der Waals surface area contributed by atoms with E-state index >= 15 is 0 Å². The monoisotopic (exact) mass is 456 g/mol.